The van der Waals surface area contributed by atoms with Crippen molar-refractivity contribution in [3.8, 4) is 0 Å². The summed E-state index contributed by atoms with van der Waals surface area (Å²) in [6, 6.07) is 14.0. The number of benzene rings is 2. The van der Waals surface area contributed by atoms with Crippen molar-refractivity contribution in [3.05, 3.63) is 60.3 Å². The lowest BCUT2D eigenvalue weighted by atomic mass is 9.53. The predicted molar refractivity (Wildman–Crippen MR) is 78.1 cm³/mol. The first-order chi connectivity index (χ1) is 9.22. The van der Waals surface area contributed by atoms with Crippen molar-refractivity contribution in [1.29, 1.82) is 0 Å². The third-order valence-corrected chi connectivity index (χ3v) is 3.70. The number of allylic oxidation sites excluding steroid dienone is 1. The van der Waals surface area contributed by atoms with E-state index in [0.29, 0.717) is 6.42 Å². The van der Waals surface area contributed by atoms with Crippen LogP contribution < -0.4 is 0 Å². The van der Waals surface area contributed by atoms with E-state index in [1.807, 2.05) is 48.5 Å². The van der Waals surface area contributed by atoms with Crippen LogP contribution in [0.15, 0.2) is 59.7 Å². The van der Waals surface area contributed by atoms with Crippen molar-refractivity contribution >= 4 is 24.1 Å². The van der Waals surface area contributed by atoms with Crippen LogP contribution >= 0.6 is 0 Å². The quantitative estimate of drug-likeness (QED) is 0.803. The van der Waals surface area contributed by atoms with E-state index in [9.17, 15) is 10.0 Å². The van der Waals surface area contributed by atoms with E-state index in [1.165, 1.54) is 0 Å². The van der Waals surface area contributed by atoms with Crippen molar-refractivity contribution < 1.29 is 10.0 Å². The van der Waals surface area contributed by atoms with E-state index in [4.69, 9.17) is 0 Å². The molecule has 1 aliphatic rings. The first kappa shape index (κ1) is 12.1. The minimum Gasteiger partial charge on any atom is -0.426 e. The molecule has 1 aliphatic heterocycles. The van der Waals surface area contributed by atoms with Gasteiger partial charge in [0.15, 0.2) is 0 Å². The van der Waals surface area contributed by atoms with Crippen LogP contribution in [-0.2, 0) is 5.31 Å². The fraction of sp³-hybridized carbons (Fsp3) is 0.133. The van der Waals surface area contributed by atoms with Crippen molar-refractivity contribution in [2.75, 3.05) is 0 Å². The number of rotatable bonds is 2. The third kappa shape index (κ3) is 1.99. The summed E-state index contributed by atoms with van der Waals surface area (Å²) in [5, 5.41) is 20.9. The van der Waals surface area contributed by atoms with Gasteiger partial charge in [-0.05, 0) is 22.8 Å². The molecule has 0 radical (unpaired) electrons. The molecule has 1 unspecified atom stereocenters. The first-order valence-corrected chi connectivity index (χ1v) is 6.27. The van der Waals surface area contributed by atoms with Crippen molar-refractivity contribution in [1.82, 2.24) is 0 Å². The molecular weight excluding hydrogens is 237 g/mol. The first-order valence-electron chi connectivity index (χ1n) is 6.27. The number of fused-ring (bicyclic) bond motifs is 1. The number of nitrogens with zero attached hydrogens (tertiary/aromatic N) is 1. The summed E-state index contributed by atoms with van der Waals surface area (Å²) >= 11 is 0. The van der Waals surface area contributed by atoms with Gasteiger partial charge in [0.25, 0.3) is 0 Å². The van der Waals surface area contributed by atoms with Gasteiger partial charge >= 0.3 is 7.12 Å². The second-order valence-electron chi connectivity index (χ2n) is 4.84. The second kappa shape index (κ2) is 4.65. The molecule has 0 bridgehead atoms. The predicted octanol–water partition coefficient (Wildman–Crippen LogP) is 2.08. The Bertz CT molecular complexity index is 666. The molecule has 2 aromatic rings. The Morgan fingerprint density at radius 3 is 2.53 bits per heavy atom. The fourth-order valence-corrected chi connectivity index (χ4v) is 2.53. The van der Waals surface area contributed by atoms with Gasteiger partial charge in [-0.15, -0.1) is 0 Å². The Balaban J connectivity index is 2.16. The molecule has 0 saturated carbocycles. The second-order valence-corrected chi connectivity index (χ2v) is 4.84. The van der Waals surface area contributed by atoms with Crippen LogP contribution in [0, 0.1) is 0 Å². The maximum Gasteiger partial charge on any atom is 0.468 e. The van der Waals surface area contributed by atoms with Gasteiger partial charge < -0.3 is 10.0 Å². The molecule has 0 aromatic heterocycles. The van der Waals surface area contributed by atoms with Gasteiger partial charge in [-0.25, -0.2) is 0 Å². The van der Waals surface area contributed by atoms with Crippen LogP contribution in [0.1, 0.15) is 12.0 Å². The Morgan fingerprint density at radius 1 is 1.05 bits per heavy atom. The lowest BCUT2D eigenvalue weighted by Gasteiger charge is -2.30. The molecule has 1 heterocycles. The van der Waals surface area contributed by atoms with Crippen LogP contribution in [0.4, 0.5) is 0 Å². The molecule has 0 aliphatic carbocycles. The van der Waals surface area contributed by atoms with Crippen molar-refractivity contribution in [3.63, 3.8) is 0 Å². The molecular formula is C15H14BNO2. The molecule has 2 N–H and O–H groups in total. The maximum absolute atomic E-state index is 9.78. The van der Waals surface area contributed by atoms with E-state index in [-0.39, 0.29) is 0 Å². The van der Waals surface area contributed by atoms with E-state index in [1.54, 1.807) is 12.4 Å². The zero-order chi connectivity index (χ0) is 13.3. The molecule has 0 saturated heterocycles. The van der Waals surface area contributed by atoms with Gasteiger partial charge in [-0.2, -0.15) is 0 Å². The van der Waals surface area contributed by atoms with Crippen LogP contribution in [0.5, 0.6) is 0 Å². The van der Waals surface area contributed by atoms with Crippen molar-refractivity contribution in [2.45, 2.75) is 11.7 Å². The normalized spacial score (nSPS) is 21.8. The largest absolute Gasteiger partial charge is 0.468 e. The third-order valence-electron chi connectivity index (χ3n) is 3.70. The molecule has 19 heavy (non-hydrogen) atoms. The van der Waals surface area contributed by atoms with E-state index in [2.05, 4.69) is 4.99 Å². The molecule has 3 nitrogen and oxygen atoms in total. The Labute approximate surface area is 112 Å². The van der Waals surface area contributed by atoms with Crippen LogP contribution in [-0.4, -0.2) is 23.4 Å². The van der Waals surface area contributed by atoms with Gasteiger partial charge in [0, 0.05) is 12.4 Å². The highest BCUT2D eigenvalue weighted by Gasteiger charge is 2.42. The summed E-state index contributed by atoms with van der Waals surface area (Å²) in [5.74, 6) is 0. The Kier molecular flexibility index (Phi) is 2.97. The van der Waals surface area contributed by atoms with Gasteiger partial charge in [0.05, 0.1) is 5.31 Å². The average Bonchev–Trinajstić information content (AvgIpc) is 2.47. The van der Waals surface area contributed by atoms with E-state index in [0.717, 1.165) is 16.3 Å². The van der Waals surface area contributed by atoms with E-state index >= 15 is 0 Å². The van der Waals surface area contributed by atoms with E-state index < -0.39 is 12.4 Å². The lowest BCUT2D eigenvalue weighted by Crippen LogP contribution is -2.45. The summed E-state index contributed by atoms with van der Waals surface area (Å²) in [7, 11) is -1.47. The summed E-state index contributed by atoms with van der Waals surface area (Å²) in [4.78, 5) is 4.08. The number of hydrogen-bond donors (Lipinski definition) is 2. The van der Waals surface area contributed by atoms with Crippen molar-refractivity contribution in [2.24, 2.45) is 4.99 Å². The summed E-state index contributed by atoms with van der Waals surface area (Å²) in [5.41, 5.74) is 0.870. The maximum atomic E-state index is 9.78. The molecule has 0 fully saturated rings. The SMILES string of the molecule is OB(O)C1(c2ccc3ccccc3c2)C=NC=CC1. The molecule has 4 heteroatoms. The molecule has 3 rings (SSSR count). The highest BCUT2D eigenvalue weighted by Crippen LogP contribution is 2.32. The smallest absolute Gasteiger partial charge is 0.426 e. The molecule has 94 valence electrons. The highest BCUT2D eigenvalue weighted by atomic mass is 16.4. The number of aliphatic imine (C=N–C) groups is 1. The standard InChI is InChI=1S/C15H14BNO2/c18-16(19)15(8-3-9-17-11-15)14-7-6-12-4-1-2-5-13(12)10-14/h1-7,9-11,18-19H,8H2. The fourth-order valence-electron chi connectivity index (χ4n) is 2.53. The molecule has 0 amide bonds. The minimum atomic E-state index is -1.47. The van der Waals surface area contributed by atoms with Crippen LogP contribution in [0.3, 0.4) is 0 Å². The zero-order valence-corrected chi connectivity index (χ0v) is 10.4. The van der Waals surface area contributed by atoms with Gasteiger partial charge in [-0.3, -0.25) is 4.99 Å². The Hall–Kier alpha value is -1.91. The monoisotopic (exact) mass is 251 g/mol. The minimum absolute atomic E-state index is 0.534. The highest BCUT2D eigenvalue weighted by molar-refractivity contribution is 6.51. The molecule has 0 spiro atoms. The van der Waals surface area contributed by atoms with Gasteiger partial charge in [0.2, 0.25) is 0 Å². The summed E-state index contributed by atoms with van der Waals surface area (Å²) in [6.45, 7) is 0. The Morgan fingerprint density at radius 2 is 1.84 bits per heavy atom. The summed E-state index contributed by atoms with van der Waals surface area (Å²) in [6.07, 6.45) is 5.70. The number of hydrogen-bond acceptors (Lipinski definition) is 3. The van der Waals surface area contributed by atoms with Crippen LogP contribution in [0.2, 0.25) is 0 Å². The lowest BCUT2D eigenvalue weighted by molar-refractivity contribution is 0.372. The zero-order valence-electron chi connectivity index (χ0n) is 10.4. The molecule has 1 atom stereocenters. The molecule has 2 aromatic carbocycles. The average molecular weight is 251 g/mol. The topological polar surface area (TPSA) is 52.8 Å². The van der Waals surface area contributed by atoms with Gasteiger partial charge in [0.1, 0.15) is 0 Å². The van der Waals surface area contributed by atoms with Crippen LogP contribution in [0.25, 0.3) is 10.8 Å². The summed E-state index contributed by atoms with van der Waals surface area (Å²) < 4.78 is 0. The van der Waals surface area contributed by atoms with Gasteiger partial charge in [-0.1, -0.05) is 48.5 Å².